The van der Waals surface area contributed by atoms with E-state index in [4.69, 9.17) is 0 Å². The van der Waals surface area contributed by atoms with Crippen LogP contribution in [0.1, 0.15) is 32.7 Å². The van der Waals surface area contributed by atoms with Crippen molar-refractivity contribution in [3.05, 3.63) is 87.1 Å². The molecule has 10 heteroatoms. The predicted octanol–water partition coefficient (Wildman–Crippen LogP) is 1.61. The lowest BCUT2D eigenvalue weighted by atomic mass is 10.1. The van der Waals surface area contributed by atoms with Crippen molar-refractivity contribution < 1.29 is 13.2 Å². The Kier molecular flexibility index (Phi) is 5.66. The molecule has 3 aromatic rings. The Bertz CT molecular complexity index is 1270. The minimum atomic E-state index is -3.60. The molecular weight excluding hydrogens is 418 g/mol. The minimum absolute atomic E-state index is 0.0292. The number of benzene rings is 1. The molecule has 0 saturated heterocycles. The first-order valence-corrected chi connectivity index (χ1v) is 11.3. The van der Waals surface area contributed by atoms with E-state index in [1.807, 2.05) is 19.1 Å². The number of sulfonamides is 1. The van der Waals surface area contributed by atoms with Gasteiger partial charge in [0.15, 0.2) is 0 Å². The number of aromatic nitrogens is 3. The average molecular weight is 439 g/mol. The number of nitrogens with one attached hydrogen (secondary N) is 2. The molecule has 0 atom stereocenters. The molecule has 1 aliphatic heterocycles. The summed E-state index contributed by atoms with van der Waals surface area (Å²) in [7, 11) is -3.60. The zero-order valence-electron chi connectivity index (χ0n) is 16.8. The van der Waals surface area contributed by atoms with Gasteiger partial charge in [0.2, 0.25) is 16.0 Å². The molecule has 3 heterocycles. The van der Waals surface area contributed by atoms with Crippen LogP contribution in [0.5, 0.6) is 0 Å². The van der Waals surface area contributed by atoms with Gasteiger partial charge in [-0.15, -0.1) is 0 Å². The Morgan fingerprint density at radius 2 is 1.87 bits per heavy atom. The van der Waals surface area contributed by atoms with E-state index >= 15 is 0 Å². The second kappa shape index (κ2) is 8.40. The highest BCUT2D eigenvalue weighted by molar-refractivity contribution is 7.88. The van der Waals surface area contributed by atoms with E-state index in [9.17, 15) is 18.0 Å². The summed E-state index contributed by atoms with van der Waals surface area (Å²) in [6.07, 6.45) is 3.26. The van der Waals surface area contributed by atoms with Crippen molar-refractivity contribution in [1.82, 2.24) is 19.3 Å². The lowest BCUT2D eigenvalue weighted by Gasteiger charge is -2.27. The van der Waals surface area contributed by atoms with Gasteiger partial charge in [-0.25, -0.2) is 13.4 Å². The summed E-state index contributed by atoms with van der Waals surface area (Å²) in [4.78, 5) is 35.6. The van der Waals surface area contributed by atoms with Gasteiger partial charge in [0.1, 0.15) is 0 Å². The third-order valence-corrected chi connectivity index (χ3v) is 6.87. The normalized spacial score (nSPS) is 14.1. The summed E-state index contributed by atoms with van der Waals surface area (Å²) in [6, 6.07) is 10.4. The van der Waals surface area contributed by atoms with Crippen LogP contribution in [0.25, 0.3) is 0 Å². The van der Waals surface area contributed by atoms with Crippen molar-refractivity contribution in [3.8, 4) is 0 Å². The Hall–Kier alpha value is -3.37. The second-order valence-electron chi connectivity index (χ2n) is 7.36. The van der Waals surface area contributed by atoms with Gasteiger partial charge in [0.05, 0.1) is 17.0 Å². The molecule has 0 aliphatic carbocycles. The van der Waals surface area contributed by atoms with Crippen LogP contribution in [-0.2, 0) is 28.7 Å². The highest BCUT2D eigenvalue weighted by Gasteiger charge is 2.29. The molecule has 0 unspecified atom stereocenters. The van der Waals surface area contributed by atoms with Crippen molar-refractivity contribution in [3.63, 3.8) is 0 Å². The standard InChI is InChI=1S/C21H21N5O4S/c1-14-2-4-15(5-3-14)13-31(29,30)26-11-8-18-17(12-26)20(28)25-21(23-18)24-19(27)16-6-9-22-10-7-16/h2-7,9-10H,8,11-13H2,1H3,(H2,23,24,25,27,28). The Morgan fingerprint density at radius 3 is 2.58 bits per heavy atom. The van der Waals surface area contributed by atoms with E-state index in [2.05, 4.69) is 20.3 Å². The molecule has 0 radical (unpaired) electrons. The topological polar surface area (TPSA) is 125 Å². The monoisotopic (exact) mass is 439 g/mol. The fourth-order valence-corrected chi connectivity index (χ4v) is 4.86. The molecule has 0 saturated carbocycles. The average Bonchev–Trinajstić information content (AvgIpc) is 2.75. The number of pyridine rings is 1. The maximum atomic E-state index is 12.9. The number of aryl methyl sites for hydroxylation is 1. The number of hydrogen-bond donors (Lipinski definition) is 2. The number of amides is 1. The fourth-order valence-electron chi connectivity index (χ4n) is 3.37. The number of aromatic amines is 1. The summed E-state index contributed by atoms with van der Waals surface area (Å²) in [5, 5.41) is 2.56. The van der Waals surface area contributed by atoms with Crippen LogP contribution in [0.15, 0.2) is 53.6 Å². The lowest BCUT2D eigenvalue weighted by molar-refractivity contribution is 0.102. The van der Waals surface area contributed by atoms with Crippen LogP contribution >= 0.6 is 0 Å². The molecule has 2 aromatic heterocycles. The number of carbonyl (C=O) groups excluding carboxylic acids is 1. The number of carbonyl (C=O) groups is 1. The van der Waals surface area contributed by atoms with E-state index < -0.39 is 21.5 Å². The number of nitrogens with zero attached hydrogens (tertiary/aromatic N) is 3. The van der Waals surface area contributed by atoms with Crippen LogP contribution in [0, 0.1) is 6.92 Å². The number of rotatable bonds is 5. The number of fused-ring (bicyclic) bond motifs is 1. The minimum Gasteiger partial charge on any atom is -0.292 e. The van der Waals surface area contributed by atoms with E-state index in [1.165, 1.54) is 16.7 Å². The molecule has 0 bridgehead atoms. The summed E-state index contributed by atoms with van der Waals surface area (Å²) in [6.45, 7) is 2.10. The third kappa shape index (κ3) is 4.70. The highest BCUT2D eigenvalue weighted by Crippen LogP contribution is 2.20. The van der Waals surface area contributed by atoms with Crippen molar-refractivity contribution in [2.24, 2.45) is 0 Å². The Balaban J connectivity index is 1.51. The molecule has 1 aliphatic rings. The summed E-state index contributed by atoms with van der Waals surface area (Å²) >= 11 is 0. The fraction of sp³-hybridized carbons (Fsp3) is 0.238. The van der Waals surface area contributed by atoms with Gasteiger partial charge < -0.3 is 0 Å². The van der Waals surface area contributed by atoms with E-state index in [1.54, 1.807) is 24.3 Å². The van der Waals surface area contributed by atoms with Crippen LogP contribution in [0.2, 0.25) is 0 Å². The van der Waals surface area contributed by atoms with E-state index in [0.29, 0.717) is 22.4 Å². The number of hydrogen-bond acceptors (Lipinski definition) is 6. The first kappa shape index (κ1) is 20.9. The Labute approximate surface area is 179 Å². The molecule has 160 valence electrons. The second-order valence-corrected chi connectivity index (χ2v) is 9.32. The SMILES string of the molecule is Cc1ccc(CS(=O)(=O)N2CCc3nc(NC(=O)c4ccncc4)[nH]c(=O)c3C2)cc1. The summed E-state index contributed by atoms with van der Waals surface area (Å²) in [5.74, 6) is -0.529. The van der Waals surface area contributed by atoms with Gasteiger partial charge >= 0.3 is 0 Å². The molecular formula is C21H21N5O4S. The van der Waals surface area contributed by atoms with Gasteiger partial charge in [-0.3, -0.25) is 24.9 Å². The summed E-state index contributed by atoms with van der Waals surface area (Å²) in [5.41, 5.74) is 2.43. The maximum absolute atomic E-state index is 12.9. The maximum Gasteiger partial charge on any atom is 0.258 e. The molecule has 4 rings (SSSR count). The molecule has 1 aromatic carbocycles. The van der Waals surface area contributed by atoms with Gasteiger partial charge in [0, 0.05) is 37.5 Å². The molecule has 1 amide bonds. The number of anilines is 1. The van der Waals surface area contributed by atoms with Crippen LogP contribution < -0.4 is 10.9 Å². The quantitative estimate of drug-likeness (QED) is 0.622. The molecule has 9 nitrogen and oxygen atoms in total. The van der Waals surface area contributed by atoms with Crippen molar-refractivity contribution >= 4 is 21.9 Å². The molecule has 31 heavy (non-hydrogen) atoms. The van der Waals surface area contributed by atoms with Crippen LogP contribution in [0.4, 0.5) is 5.95 Å². The first-order chi connectivity index (χ1) is 14.8. The highest BCUT2D eigenvalue weighted by atomic mass is 32.2. The van der Waals surface area contributed by atoms with Crippen LogP contribution in [-0.4, -0.2) is 40.1 Å². The van der Waals surface area contributed by atoms with Crippen LogP contribution in [0.3, 0.4) is 0 Å². The lowest BCUT2D eigenvalue weighted by Crippen LogP contribution is -2.40. The van der Waals surface area contributed by atoms with Gasteiger partial charge in [0.25, 0.3) is 11.5 Å². The smallest absolute Gasteiger partial charge is 0.258 e. The van der Waals surface area contributed by atoms with E-state index in [0.717, 1.165) is 5.56 Å². The molecule has 2 N–H and O–H groups in total. The predicted molar refractivity (Wildman–Crippen MR) is 115 cm³/mol. The Morgan fingerprint density at radius 1 is 1.16 bits per heavy atom. The largest absolute Gasteiger partial charge is 0.292 e. The third-order valence-electron chi connectivity index (χ3n) is 5.07. The van der Waals surface area contributed by atoms with Crippen molar-refractivity contribution in [2.45, 2.75) is 25.6 Å². The first-order valence-electron chi connectivity index (χ1n) is 9.68. The number of H-pyrrole nitrogens is 1. The zero-order valence-corrected chi connectivity index (χ0v) is 17.6. The molecule has 0 spiro atoms. The van der Waals surface area contributed by atoms with Gasteiger partial charge in [-0.05, 0) is 24.6 Å². The summed E-state index contributed by atoms with van der Waals surface area (Å²) < 4.78 is 27.0. The molecule has 0 fully saturated rings. The van der Waals surface area contributed by atoms with E-state index in [-0.39, 0.29) is 31.2 Å². The zero-order chi connectivity index (χ0) is 22.0. The van der Waals surface area contributed by atoms with Crippen molar-refractivity contribution in [2.75, 3.05) is 11.9 Å². The van der Waals surface area contributed by atoms with Crippen molar-refractivity contribution in [1.29, 1.82) is 0 Å². The van der Waals surface area contributed by atoms with Gasteiger partial charge in [-0.2, -0.15) is 4.31 Å². The van der Waals surface area contributed by atoms with Gasteiger partial charge in [-0.1, -0.05) is 29.8 Å².